The van der Waals surface area contributed by atoms with Crippen LogP contribution in [0.4, 0.5) is 0 Å². The van der Waals surface area contributed by atoms with Crippen LogP contribution in [-0.4, -0.2) is 47.0 Å². The van der Waals surface area contributed by atoms with Crippen molar-refractivity contribution in [3.8, 4) is 0 Å². The van der Waals surface area contributed by atoms with Gasteiger partial charge >= 0.3 is 0 Å². The molecule has 2 heterocycles. The third kappa shape index (κ3) is 3.19. The van der Waals surface area contributed by atoms with Gasteiger partial charge in [-0.2, -0.15) is 5.10 Å². The van der Waals surface area contributed by atoms with E-state index in [0.29, 0.717) is 6.54 Å². The molecule has 1 aliphatic heterocycles. The Morgan fingerprint density at radius 3 is 3.22 bits per heavy atom. The number of aromatic nitrogens is 2. The number of hydrogen-bond acceptors (Lipinski definition) is 4. The molecule has 100 valence electrons. The molecule has 0 bridgehead atoms. The number of ether oxygens (including phenoxy) is 1. The molecule has 1 atom stereocenters. The zero-order valence-corrected chi connectivity index (χ0v) is 11.0. The van der Waals surface area contributed by atoms with Crippen molar-refractivity contribution in [2.24, 2.45) is 5.73 Å². The van der Waals surface area contributed by atoms with E-state index in [1.54, 1.807) is 0 Å². The van der Waals surface area contributed by atoms with Gasteiger partial charge in [-0.15, -0.1) is 6.58 Å². The average molecular weight is 250 g/mol. The van der Waals surface area contributed by atoms with E-state index in [1.165, 1.54) is 5.56 Å². The lowest BCUT2D eigenvalue weighted by Gasteiger charge is -2.32. The van der Waals surface area contributed by atoms with Crippen LogP contribution < -0.4 is 5.73 Å². The maximum Gasteiger partial charge on any atom is 0.0824 e. The maximum absolute atomic E-state index is 5.65. The highest BCUT2D eigenvalue weighted by Crippen LogP contribution is 2.12. The fourth-order valence-corrected chi connectivity index (χ4v) is 2.25. The summed E-state index contributed by atoms with van der Waals surface area (Å²) in [5.41, 5.74) is 8.02. The number of allylic oxidation sites excluding steroid dienone is 1. The molecule has 1 aromatic heterocycles. The van der Waals surface area contributed by atoms with Crippen molar-refractivity contribution in [3.05, 3.63) is 30.1 Å². The summed E-state index contributed by atoms with van der Waals surface area (Å²) in [5, 5.41) is 4.47. The number of hydrogen-bond donors (Lipinski definition) is 1. The molecular weight excluding hydrogens is 228 g/mol. The van der Waals surface area contributed by atoms with Crippen molar-refractivity contribution in [1.29, 1.82) is 0 Å². The first kappa shape index (κ1) is 13.3. The SMILES string of the molecule is C=CCn1cc(CN2CCO[C@@H](CN)C2)c(C)n1. The molecule has 0 unspecified atom stereocenters. The summed E-state index contributed by atoms with van der Waals surface area (Å²) < 4.78 is 7.50. The Balaban J connectivity index is 1.97. The minimum absolute atomic E-state index is 0.169. The van der Waals surface area contributed by atoms with Gasteiger partial charge < -0.3 is 10.5 Å². The van der Waals surface area contributed by atoms with Crippen LogP contribution in [0.25, 0.3) is 0 Å². The third-order valence-electron chi connectivity index (χ3n) is 3.24. The highest BCUT2D eigenvalue weighted by molar-refractivity contribution is 5.15. The standard InChI is InChI=1S/C13H22N4O/c1-3-4-17-9-12(11(2)15-17)8-16-5-6-18-13(7-14)10-16/h3,9,13H,1,4-8,10,14H2,2H3/t13-/m0/s1. The number of morpholine rings is 1. The molecular formula is C13H22N4O. The van der Waals surface area contributed by atoms with Crippen LogP contribution in [0, 0.1) is 6.92 Å². The Morgan fingerprint density at radius 2 is 2.50 bits per heavy atom. The van der Waals surface area contributed by atoms with E-state index >= 15 is 0 Å². The van der Waals surface area contributed by atoms with Gasteiger partial charge in [-0.1, -0.05) is 6.08 Å². The van der Waals surface area contributed by atoms with Crippen molar-refractivity contribution in [2.75, 3.05) is 26.2 Å². The second-order valence-corrected chi connectivity index (χ2v) is 4.71. The highest BCUT2D eigenvalue weighted by atomic mass is 16.5. The molecule has 0 saturated carbocycles. The molecule has 5 nitrogen and oxygen atoms in total. The van der Waals surface area contributed by atoms with E-state index in [2.05, 4.69) is 29.7 Å². The summed E-state index contributed by atoms with van der Waals surface area (Å²) in [5.74, 6) is 0. The molecule has 1 fully saturated rings. The topological polar surface area (TPSA) is 56.3 Å². The number of aryl methyl sites for hydroxylation is 1. The minimum Gasteiger partial charge on any atom is -0.374 e. The van der Waals surface area contributed by atoms with Crippen LogP contribution in [0.2, 0.25) is 0 Å². The zero-order valence-electron chi connectivity index (χ0n) is 11.0. The molecule has 0 aromatic carbocycles. The summed E-state index contributed by atoms with van der Waals surface area (Å²) in [7, 11) is 0. The Labute approximate surface area is 108 Å². The largest absolute Gasteiger partial charge is 0.374 e. The lowest BCUT2D eigenvalue weighted by molar-refractivity contribution is -0.0261. The fraction of sp³-hybridized carbons (Fsp3) is 0.615. The quantitative estimate of drug-likeness (QED) is 0.775. The van der Waals surface area contributed by atoms with E-state index in [9.17, 15) is 0 Å². The molecule has 0 aliphatic carbocycles. The van der Waals surface area contributed by atoms with Crippen molar-refractivity contribution in [1.82, 2.24) is 14.7 Å². The van der Waals surface area contributed by atoms with Gasteiger partial charge in [0, 0.05) is 37.9 Å². The van der Waals surface area contributed by atoms with Gasteiger partial charge in [-0.05, 0) is 6.92 Å². The first-order valence-electron chi connectivity index (χ1n) is 6.40. The number of nitrogens with two attached hydrogens (primary N) is 1. The molecule has 0 radical (unpaired) electrons. The first-order chi connectivity index (χ1) is 8.72. The van der Waals surface area contributed by atoms with Gasteiger partial charge in [0.2, 0.25) is 0 Å². The highest BCUT2D eigenvalue weighted by Gasteiger charge is 2.20. The first-order valence-corrected chi connectivity index (χ1v) is 6.40. The molecule has 1 aromatic rings. The molecule has 2 rings (SSSR count). The summed E-state index contributed by atoms with van der Waals surface area (Å²) in [4.78, 5) is 2.38. The number of nitrogens with zero attached hydrogens (tertiary/aromatic N) is 3. The van der Waals surface area contributed by atoms with Crippen molar-refractivity contribution in [3.63, 3.8) is 0 Å². The van der Waals surface area contributed by atoms with Gasteiger partial charge in [-0.3, -0.25) is 9.58 Å². The summed E-state index contributed by atoms with van der Waals surface area (Å²) >= 11 is 0. The monoisotopic (exact) mass is 250 g/mol. The normalized spacial score (nSPS) is 21.1. The van der Waals surface area contributed by atoms with Gasteiger partial charge in [0.25, 0.3) is 0 Å². The van der Waals surface area contributed by atoms with E-state index in [-0.39, 0.29) is 6.10 Å². The lowest BCUT2D eigenvalue weighted by atomic mass is 10.2. The molecule has 1 saturated heterocycles. The molecule has 0 spiro atoms. The van der Waals surface area contributed by atoms with Crippen LogP contribution in [0.1, 0.15) is 11.3 Å². The molecule has 0 amide bonds. The van der Waals surface area contributed by atoms with Crippen molar-refractivity contribution in [2.45, 2.75) is 26.1 Å². The van der Waals surface area contributed by atoms with Crippen molar-refractivity contribution < 1.29 is 4.74 Å². The second kappa shape index (κ2) is 6.13. The summed E-state index contributed by atoms with van der Waals surface area (Å²) in [6.07, 6.45) is 4.13. The predicted octanol–water partition coefficient (Wildman–Crippen LogP) is 0.537. The van der Waals surface area contributed by atoms with E-state index in [0.717, 1.165) is 38.5 Å². The molecule has 5 heteroatoms. The Hall–Kier alpha value is -1.17. The van der Waals surface area contributed by atoms with Gasteiger partial charge in [0.15, 0.2) is 0 Å². The Kier molecular flexibility index (Phi) is 4.52. The van der Waals surface area contributed by atoms with E-state index in [1.807, 2.05) is 10.8 Å². The molecule has 1 aliphatic rings. The smallest absolute Gasteiger partial charge is 0.0824 e. The maximum atomic E-state index is 5.65. The Morgan fingerprint density at radius 1 is 1.67 bits per heavy atom. The van der Waals surface area contributed by atoms with Crippen LogP contribution >= 0.6 is 0 Å². The van der Waals surface area contributed by atoms with E-state index in [4.69, 9.17) is 10.5 Å². The zero-order chi connectivity index (χ0) is 13.0. The lowest BCUT2D eigenvalue weighted by Crippen LogP contribution is -2.45. The van der Waals surface area contributed by atoms with Crippen molar-refractivity contribution >= 4 is 0 Å². The average Bonchev–Trinajstić information content (AvgIpc) is 2.70. The third-order valence-corrected chi connectivity index (χ3v) is 3.24. The summed E-state index contributed by atoms with van der Waals surface area (Å²) in [6.45, 7) is 10.7. The minimum atomic E-state index is 0.169. The van der Waals surface area contributed by atoms with Crippen LogP contribution in [0.5, 0.6) is 0 Å². The Bertz CT molecular complexity index is 402. The van der Waals surface area contributed by atoms with E-state index < -0.39 is 0 Å². The second-order valence-electron chi connectivity index (χ2n) is 4.71. The summed E-state index contributed by atoms with van der Waals surface area (Å²) in [6, 6.07) is 0. The van der Waals surface area contributed by atoms with Crippen LogP contribution in [0.3, 0.4) is 0 Å². The fourth-order valence-electron chi connectivity index (χ4n) is 2.25. The van der Waals surface area contributed by atoms with Crippen LogP contribution in [-0.2, 0) is 17.8 Å². The van der Waals surface area contributed by atoms with Gasteiger partial charge in [-0.25, -0.2) is 0 Å². The van der Waals surface area contributed by atoms with Gasteiger partial charge in [0.05, 0.1) is 24.9 Å². The molecule has 18 heavy (non-hydrogen) atoms. The molecule has 2 N–H and O–H groups in total. The number of rotatable bonds is 5. The predicted molar refractivity (Wildman–Crippen MR) is 71.2 cm³/mol. The van der Waals surface area contributed by atoms with Crippen LogP contribution in [0.15, 0.2) is 18.9 Å². The van der Waals surface area contributed by atoms with Gasteiger partial charge in [0.1, 0.15) is 0 Å².